The fraction of sp³-hybridized carbons (Fsp3) is 0.214. The molecule has 0 radical (unpaired) electrons. The number of hydrogen-bond donors (Lipinski definition) is 2. The van der Waals surface area contributed by atoms with E-state index >= 15 is 0 Å². The topological polar surface area (TPSA) is 76.5 Å². The van der Waals surface area contributed by atoms with E-state index in [1.165, 1.54) is 11.8 Å². The van der Waals surface area contributed by atoms with Crippen molar-refractivity contribution in [2.75, 3.05) is 5.73 Å². The van der Waals surface area contributed by atoms with Crippen molar-refractivity contribution in [2.24, 2.45) is 0 Å². The molecular weight excluding hydrogens is 262 g/mol. The van der Waals surface area contributed by atoms with Crippen LogP contribution in [-0.2, 0) is 5.75 Å². The van der Waals surface area contributed by atoms with Crippen LogP contribution < -0.4 is 5.73 Å². The van der Waals surface area contributed by atoms with Crippen LogP contribution in [0.15, 0.2) is 33.6 Å². The summed E-state index contributed by atoms with van der Waals surface area (Å²) in [6.07, 6.45) is 0. The average Bonchev–Trinajstić information content (AvgIpc) is 2.72. The maximum absolute atomic E-state index is 10.9. The molecule has 2 aromatic rings. The number of nitrogen functional groups attached to an aromatic ring is 1. The smallest absolute Gasteiger partial charge is 0.339 e. The molecule has 0 saturated carbocycles. The molecule has 0 fully saturated rings. The Bertz CT molecular complexity index is 619. The van der Waals surface area contributed by atoms with Gasteiger partial charge in [0, 0.05) is 10.6 Å². The number of aromatic carboxylic acids is 1. The summed E-state index contributed by atoms with van der Waals surface area (Å²) in [5.41, 5.74) is 7.96. The van der Waals surface area contributed by atoms with Crippen LogP contribution in [0.4, 0.5) is 5.69 Å². The lowest BCUT2D eigenvalue weighted by Crippen LogP contribution is -1.94. The Kier molecular flexibility index (Phi) is 3.85. The van der Waals surface area contributed by atoms with E-state index < -0.39 is 5.97 Å². The van der Waals surface area contributed by atoms with Crippen LogP contribution in [0.25, 0.3) is 0 Å². The van der Waals surface area contributed by atoms with Gasteiger partial charge >= 0.3 is 5.97 Å². The Morgan fingerprint density at radius 3 is 2.74 bits per heavy atom. The molecule has 0 amide bonds. The average molecular weight is 277 g/mol. The molecule has 1 heterocycles. The molecular formula is C14H15NO3S. The van der Waals surface area contributed by atoms with E-state index in [0.29, 0.717) is 17.3 Å². The minimum Gasteiger partial charge on any atom is -0.478 e. The minimum atomic E-state index is -0.965. The predicted octanol–water partition coefficient (Wildman–Crippen LogP) is 3.47. The number of carboxylic acids is 1. The summed E-state index contributed by atoms with van der Waals surface area (Å²) in [5.74, 6) is 0.663. The summed E-state index contributed by atoms with van der Waals surface area (Å²) in [6, 6.07) is 7.40. The van der Waals surface area contributed by atoms with Gasteiger partial charge in [0.2, 0.25) is 0 Å². The zero-order valence-corrected chi connectivity index (χ0v) is 11.6. The molecule has 0 spiro atoms. The molecule has 0 bridgehead atoms. The highest BCUT2D eigenvalue weighted by Crippen LogP contribution is 2.30. The lowest BCUT2D eigenvalue weighted by molar-refractivity contribution is 0.0695. The van der Waals surface area contributed by atoms with Gasteiger partial charge in [-0.25, -0.2) is 4.79 Å². The zero-order valence-electron chi connectivity index (χ0n) is 10.8. The standard InChI is InChI=1S/C14H15NO3S/c1-8-3-4-12(15)13(5-8)19-7-10-6-11(14(16)17)9(2)18-10/h3-6H,7,15H2,1-2H3,(H,16,17). The van der Waals surface area contributed by atoms with Gasteiger partial charge in [-0.05, 0) is 37.6 Å². The summed E-state index contributed by atoms with van der Waals surface area (Å²) >= 11 is 1.54. The van der Waals surface area contributed by atoms with Gasteiger partial charge in [0.25, 0.3) is 0 Å². The number of furan rings is 1. The lowest BCUT2D eigenvalue weighted by atomic mass is 10.2. The van der Waals surface area contributed by atoms with Crippen molar-refractivity contribution in [2.45, 2.75) is 24.5 Å². The Hall–Kier alpha value is -1.88. The normalized spacial score (nSPS) is 10.6. The third-order valence-corrected chi connectivity index (χ3v) is 3.83. The van der Waals surface area contributed by atoms with Crippen molar-refractivity contribution in [3.63, 3.8) is 0 Å². The van der Waals surface area contributed by atoms with Crippen LogP contribution in [0.5, 0.6) is 0 Å². The molecule has 0 atom stereocenters. The monoisotopic (exact) mass is 277 g/mol. The molecule has 100 valence electrons. The van der Waals surface area contributed by atoms with E-state index in [2.05, 4.69) is 0 Å². The number of aryl methyl sites for hydroxylation is 2. The number of hydrogen-bond acceptors (Lipinski definition) is 4. The van der Waals surface area contributed by atoms with Gasteiger partial charge in [0.05, 0.1) is 5.75 Å². The van der Waals surface area contributed by atoms with Crippen molar-refractivity contribution >= 4 is 23.4 Å². The first-order valence-electron chi connectivity index (χ1n) is 5.79. The van der Waals surface area contributed by atoms with Crippen molar-refractivity contribution in [1.29, 1.82) is 0 Å². The van der Waals surface area contributed by atoms with Crippen molar-refractivity contribution in [3.05, 3.63) is 46.9 Å². The molecule has 5 heteroatoms. The molecule has 0 saturated heterocycles. The number of thioether (sulfide) groups is 1. The number of anilines is 1. The van der Waals surface area contributed by atoms with Crippen LogP contribution in [0.2, 0.25) is 0 Å². The number of carbonyl (C=O) groups is 1. The number of rotatable bonds is 4. The summed E-state index contributed by atoms with van der Waals surface area (Å²) in [4.78, 5) is 11.9. The van der Waals surface area contributed by atoms with Gasteiger partial charge in [-0.2, -0.15) is 0 Å². The van der Waals surface area contributed by atoms with Crippen LogP contribution in [0.1, 0.15) is 27.4 Å². The summed E-state index contributed by atoms with van der Waals surface area (Å²) < 4.78 is 5.43. The SMILES string of the molecule is Cc1ccc(N)c(SCc2cc(C(=O)O)c(C)o2)c1. The molecule has 2 rings (SSSR count). The quantitative estimate of drug-likeness (QED) is 0.661. The number of carboxylic acid groups (broad SMARTS) is 1. The molecule has 0 unspecified atom stereocenters. The van der Waals surface area contributed by atoms with Crippen LogP contribution >= 0.6 is 11.8 Å². The van der Waals surface area contributed by atoms with Gasteiger partial charge in [0.1, 0.15) is 17.1 Å². The van der Waals surface area contributed by atoms with Crippen LogP contribution in [-0.4, -0.2) is 11.1 Å². The summed E-state index contributed by atoms with van der Waals surface area (Å²) in [5, 5.41) is 8.96. The lowest BCUT2D eigenvalue weighted by Gasteiger charge is -2.05. The van der Waals surface area contributed by atoms with Crippen molar-refractivity contribution < 1.29 is 14.3 Å². The number of benzene rings is 1. The molecule has 0 aliphatic heterocycles. The maximum atomic E-state index is 10.9. The first kappa shape index (κ1) is 13.5. The Balaban J connectivity index is 2.12. The van der Waals surface area contributed by atoms with Gasteiger partial charge < -0.3 is 15.3 Å². The summed E-state index contributed by atoms with van der Waals surface area (Å²) in [6.45, 7) is 3.65. The molecule has 0 aliphatic carbocycles. The van der Waals surface area contributed by atoms with E-state index in [-0.39, 0.29) is 5.56 Å². The van der Waals surface area contributed by atoms with E-state index in [1.807, 2.05) is 25.1 Å². The largest absolute Gasteiger partial charge is 0.478 e. The predicted molar refractivity (Wildman–Crippen MR) is 75.6 cm³/mol. The summed E-state index contributed by atoms with van der Waals surface area (Å²) in [7, 11) is 0. The maximum Gasteiger partial charge on any atom is 0.339 e. The molecule has 3 N–H and O–H groups in total. The van der Waals surface area contributed by atoms with Gasteiger partial charge in [0.15, 0.2) is 0 Å². The van der Waals surface area contributed by atoms with Crippen LogP contribution in [0.3, 0.4) is 0 Å². The zero-order chi connectivity index (χ0) is 14.0. The highest BCUT2D eigenvalue weighted by Gasteiger charge is 2.14. The molecule has 0 aliphatic rings. The Labute approximate surface area is 115 Å². The molecule has 1 aromatic carbocycles. The fourth-order valence-corrected chi connectivity index (χ4v) is 2.69. The van der Waals surface area contributed by atoms with Crippen molar-refractivity contribution in [3.8, 4) is 0 Å². The van der Waals surface area contributed by atoms with Gasteiger partial charge in [-0.1, -0.05) is 6.07 Å². The van der Waals surface area contributed by atoms with E-state index in [0.717, 1.165) is 16.1 Å². The Morgan fingerprint density at radius 2 is 2.11 bits per heavy atom. The van der Waals surface area contributed by atoms with E-state index in [1.54, 1.807) is 13.0 Å². The Morgan fingerprint density at radius 1 is 1.37 bits per heavy atom. The first-order valence-corrected chi connectivity index (χ1v) is 6.77. The highest BCUT2D eigenvalue weighted by atomic mass is 32.2. The van der Waals surface area contributed by atoms with Gasteiger partial charge in [-0.3, -0.25) is 0 Å². The van der Waals surface area contributed by atoms with Crippen LogP contribution in [0, 0.1) is 13.8 Å². The van der Waals surface area contributed by atoms with E-state index in [9.17, 15) is 4.79 Å². The molecule has 4 nitrogen and oxygen atoms in total. The third-order valence-electron chi connectivity index (χ3n) is 2.74. The third kappa shape index (κ3) is 3.12. The molecule has 1 aromatic heterocycles. The molecule has 19 heavy (non-hydrogen) atoms. The second kappa shape index (κ2) is 5.40. The second-order valence-corrected chi connectivity index (χ2v) is 5.33. The van der Waals surface area contributed by atoms with E-state index in [4.69, 9.17) is 15.3 Å². The first-order chi connectivity index (χ1) is 8.97. The minimum absolute atomic E-state index is 0.216. The fourth-order valence-electron chi connectivity index (χ4n) is 1.74. The van der Waals surface area contributed by atoms with Gasteiger partial charge in [-0.15, -0.1) is 11.8 Å². The highest BCUT2D eigenvalue weighted by molar-refractivity contribution is 7.98. The second-order valence-electron chi connectivity index (χ2n) is 4.32. The van der Waals surface area contributed by atoms with Crippen molar-refractivity contribution in [1.82, 2.24) is 0 Å². The number of nitrogens with two attached hydrogens (primary N) is 1.